The van der Waals surface area contributed by atoms with Crippen LogP contribution in [-0.4, -0.2) is 31.0 Å². The highest BCUT2D eigenvalue weighted by Gasteiger charge is 2.10. The lowest BCUT2D eigenvalue weighted by atomic mass is 10.4. The molecule has 3 aromatic rings. The number of nitrogens with one attached hydrogen (secondary N) is 1. The van der Waals surface area contributed by atoms with Crippen LogP contribution in [0.15, 0.2) is 36.2 Å². The Balaban J connectivity index is 2.03. The highest BCUT2D eigenvalue weighted by Crippen LogP contribution is 2.22. The van der Waals surface area contributed by atoms with Crippen molar-refractivity contribution in [2.75, 3.05) is 11.9 Å². The Labute approximate surface area is 120 Å². The molecule has 20 heavy (non-hydrogen) atoms. The smallest absolute Gasteiger partial charge is 0.240 e. The molecule has 0 aromatic carbocycles. The number of nitrogens with zero attached hydrogens (tertiary/aromatic N) is 5. The van der Waals surface area contributed by atoms with Crippen LogP contribution in [0, 0.1) is 0 Å². The maximum Gasteiger partial charge on any atom is 0.240 e. The summed E-state index contributed by atoms with van der Waals surface area (Å²) in [5, 5.41) is 5.22. The Morgan fingerprint density at radius 3 is 2.95 bits per heavy atom. The molecule has 0 atom stereocenters. The Hall–Kier alpha value is -2.28. The summed E-state index contributed by atoms with van der Waals surface area (Å²) in [6, 6.07) is 3.99. The van der Waals surface area contributed by atoms with Gasteiger partial charge in [-0.1, -0.05) is 13.0 Å². The van der Waals surface area contributed by atoms with E-state index in [1.165, 1.54) is 0 Å². The first kappa shape index (κ1) is 12.7. The van der Waals surface area contributed by atoms with E-state index in [4.69, 9.17) is 0 Å². The van der Waals surface area contributed by atoms with Gasteiger partial charge in [0.25, 0.3) is 0 Å². The zero-order valence-electron chi connectivity index (χ0n) is 11.0. The fourth-order valence-electron chi connectivity index (χ4n) is 1.69. The van der Waals surface area contributed by atoms with E-state index in [9.17, 15) is 0 Å². The van der Waals surface area contributed by atoms with E-state index in [1.807, 2.05) is 23.7 Å². The van der Waals surface area contributed by atoms with Crippen molar-refractivity contribution in [3.63, 3.8) is 0 Å². The van der Waals surface area contributed by atoms with Crippen LogP contribution >= 0.6 is 11.3 Å². The van der Waals surface area contributed by atoms with E-state index in [2.05, 4.69) is 32.2 Å². The molecule has 102 valence electrons. The highest BCUT2D eigenvalue weighted by atomic mass is 32.1. The first-order valence-corrected chi connectivity index (χ1v) is 7.27. The van der Waals surface area contributed by atoms with E-state index in [0.29, 0.717) is 17.7 Å². The minimum absolute atomic E-state index is 0.569. The van der Waals surface area contributed by atoms with Crippen molar-refractivity contribution in [2.45, 2.75) is 13.3 Å². The summed E-state index contributed by atoms with van der Waals surface area (Å²) in [6.45, 7) is 2.93. The van der Waals surface area contributed by atoms with Crippen LogP contribution in [0.5, 0.6) is 0 Å². The molecular formula is C13H14N6S. The molecule has 3 rings (SSSR count). The third-order valence-electron chi connectivity index (χ3n) is 2.63. The number of imidazole rings is 1. The quantitative estimate of drug-likeness (QED) is 0.781. The molecule has 0 saturated heterocycles. The normalized spacial score (nSPS) is 10.7. The van der Waals surface area contributed by atoms with Crippen LogP contribution in [0.3, 0.4) is 0 Å². The largest absolute Gasteiger partial charge is 0.354 e. The first-order chi connectivity index (χ1) is 9.86. The third-order valence-corrected chi connectivity index (χ3v) is 3.50. The van der Waals surface area contributed by atoms with Gasteiger partial charge in [-0.25, -0.2) is 4.98 Å². The minimum atomic E-state index is 0.569. The van der Waals surface area contributed by atoms with Gasteiger partial charge in [0, 0.05) is 18.9 Å². The van der Waals surface area contributed by atoms with E-state index >= 15 is 0 Å². The zero-order chi connectivity index (χ0) is 13.8. The summed E-state index contributed by atoms with van der Waals surface area (Å²) >= 11 is 1.61. The molecule has 0 fully saturated rings. The second-order valence-corrected chi connectivity index (χ2v) is 5.10. The maximum absolute atomic E-state index is 4.50. The van der Waals surface area contributed by atoms with Crippen LogP contribution in [0.4, 0.5) is 5.95 Å². The Kier molecular flexibility index (Phi) is 3.69. The van der Waals surface area contributed by atoms with Gasteiger partial charge in [-0.05, 0) is 17.9 Å². The molecule has 7 heteroatoms. The predicted molar refractivity (Wildman–Crippen MR) is 79.0 cm³/mol. The molecule has 0 radical (unpaired) electrons. The van der Waals surface area contributed by atoms with Gasteiger partial charge >= 0.3 is 0 Å². The molecule has 6 nitrogen and oxygen atoms in total. The second kappa shape index (κ2) is 5.79. The van der Waals surface area contributed by atoms with Gasteiger partial charge in [-0.3, -0.25) is 4.57 Å². The monoisotopic (exact) mass is 286 g/mol. The molecule has 0 aliphatic carbocycles. The van der Waals surface area contributed by atoms with Crippen molar-refractivity contribution in [1.82, 2.24) is 24.5 Å². The molecule has 3 aromatic heterocycles. The maximum atomic E-state index is 4.50. The van der Waals surface area contributed by atoms with E-state index in [-0.39, 0.29) is 0 Å². The zero-order valence-corrected chi connectivity index (χ0v) is 11.8. The van der Waals surface area contributed by atoms with Crippen molar-refractivity contribution in [3.05, 3.63) is 36.2 Å². The van der Waals surface area contributed by atoms with Crippen molar-refractivity contribution in [3.8, 4) is 16.6 Å². The van der Waals surface area contributed by atoms with Crippen molar-refractivity contribution >= 4 is 17.3 Å². The summed E-state index contributed by atoms with van der Waals surface area (Å²) in [6.07, 6.45) is 6.21. The predicted octanol–water partition coefficient (Wildman–Crippen LogP) is 2.61. The SMILES string of the molecule is CCCNc1nc(-c2cccs2)nc(-n2ccnc2)n1. The van der Waals surface area contributed by atoms with Gasteiger partial charge in [0.2, 0.25) is 11.9 Å². The Bertz CT molecular complexity index is 610. The second-order valence-electron chi connectivity index (χ2n) is 4.16. The molecule has 1 N–H and O–H groups in total. The molecular weight excluding hydrogens is 272 g/mol. The molecule has 0 aliphatic rings. The summed E-state index contributed by atoms with van der Waals surface area (Å²) < 4.78 is 1.77. The van der Waals surface area contributed by atoms with Gasteiger partial charge in [-0.2, -0.15) is 15.0 Å². The summed E-state index contributed by atoms with van der Waals surface area (Å²) in [4.78, 5) is 18.4. The molecule has 3 heterocycles. The van der Waals surface area contributed by atoms with Gasteiger partial charge in [-0.15, -0.1) is 11.3 Å². The standard InChI is InChI=1S/C13H14N6S/c1-2-5-15-12-16-11(10-4-3-8-20-10)17-13(18-12)19-7-6-14-9-19/h3-4,6-9H,2,5H2,1H3,(H,15,16,17,18). The summed E-state index contributed by atoms with van der Waals surface area (Å²) in [5.41, 5.74) is 0. The number of thiophene rings is 1. The Morgan fingerprint density at radius 2 is 2.25 bits per heavy atom. The third kappa shape index (κ3) is 2.67. The van der Waals surface area contributed by atoms with Crippen molar-refractivity contribution < 1.29 is 0 Å². The van der Waals surface area contributed by atoms with Gasteiger partial charge in [0.05, 0.1) is 4.88 Å². The van der Waals surface area contributed by atoms with Crippen LogP contribution in [-0.2, 0) is 0 Å². The molecule has 0 amide bonds. The topological polar surface area (TPSA) is 68.5 Å². The van der Waals surface area contributed by atoms with Gasteiger partial charge < -0.3 is 5.32 Å². The molecule has 0 bridgehead atoms. The van der Waals surface area contributed by atoms with E-state index in [1.54, 1.807) is 28.4 Å². The van der Waals surface area contributed by atoms with Crippen LogP contribution in [0.1, 0.15) is 13.3 Å². The van der Waals surface area contributed by atoms with Crippen molar-refractivity contribution in [1.29, 1.82) is 0 Å². The molecule has 0 saturated carbocycles. The average Bonchev–Trinajstić information content (AvgIpc) is 3.17. The van der Waals surface area contributed by atoms with Crippen LogP contribution < -0.4 is 5.32 Å². The number of hydrogen-bond donors (Lipinski definition) is 1. The van der Waals surface area contributed by atoms with Gasteiger partial charge in [0.1, 0.15) is 6.33 Å². The van der Waals surface area contributed by atoms with Gasteiger partial charge in [0.15, 0.2) is 5.82 Å². The van der Waals surface area contributed by atoms with E-state index in [0.717, 1.165) is 17.8 Å². The summed E-state index contributed by atoms with van der Waals surface area (Å²) in [7, 11) is 0. The lowest BCUT2D eigenvalue weighted by Gasteiger charge is -2.07. The fourth-order valence-corrected chi connectivity index (χ4v) is 2.35. The van der Waals surface area contributed by atoms with Crippen molar-refractivity contribution in [2.24, 2.45) is 0 Å². The number of aromatic nitrogens is 5. The average molecular weight is 286 g/mol. The first-order valence-electron chi connectivity index (χ1n) is 6.39. The number of anilines is 1. The molecule has 0 aliphatic heterocycles. The molecule has 0 spiro atoms. The lowest BCUT2D eigenvalue weighted by Crippen LogP contribution is -2.09. The van der Waals surface area contributed by atoms with Crippen LogP contribution in [0.25, 0.3) is 16.6 Å². The van der Waals surface area contributed by atoms with Crippen LogP contribution in [0.2, 0.25) is 0 Å². The highest BCUT2D eigenvalue weighted by molar-refractivity contribution is 7.13. The fraction of sp³-hybridized carbons (Fsp3) is 0.231. The Morgan fingerprint density at radius 1 is 1.30 bits per heavy atom. The minimum Gasteiger partial charge on any atom is -0.354 e. The lowest BCUT2D eigenvalue weighted by molar-refractivity contribution is 0.884. The molecule has 0 unspecified atom stereocenters. The number of hydrogen-bond acceptors (Lipinski definition) is 6. The van der Waals surface area contributed by atoms with E-state index < -0.39 is 0 Å². The number of rotatable bonds is 5. The summed E-state index contributed by atoms with van der Waals surface area (Å²) in [5.74, 6) is 1.84.